The Bertz CT molecular complexity index is 1210. The van der Waals surface area contributed by atoms with E-state index >= 15 is 0 Å². The minimum atomic E-state index is -2.13. The molecule has 0 aliphatic carbocycles. The summed E-state index contributed by atoms with van der Waals surface area (Å²) in [5.41, 5.74) is -0.468. The number of amides is 2. The molecule has 2 aliphatic rings. The smallest absolute Gasteiger partial charge is 0.323 e. The van der Waals surface area contributed by atoms with E-state index in [4.69, 9.17) is 11.6 Å². The molecule has 3 heterocycles. The monoisotopic (exact) mass is 472 g/mol. The summed E-state index contributed by atoms with van der Waals surface area (Å²) in [6, 6.07) is 10.6. The fraction of sp³-hybridized carbons (Fsp3) is 0.375. The van der Waals surface area contributed by atoms with Gasteiger partial charge < -0.3 is 20.1 Å². The van der Waals surface area contributed by atoms with Crippen LogP contribution in [-0.4, -0.2) is 56.1 Å². The lowest BCUT2D eigenvalue weighted by Crippen LogP contribution is -2.69. The molecule has 2 saturated heterocycles. The Morgan fingerprint density at radius 3 is 2.45 bits per heavy atom. The van der Waals surface area contributed by atoms with Crippen molar-refractivity contribution in [1.29, 1.82) is 0 Å². The number of piperidine rings is 1. The summed E-state index contributed by atoms with van der Waals surface area (Å²) in [6.07, 6.45) is 4.40. The average Bonchev–Trinajstić information content (AvgIpc) is 3.28. The predicted molar refractivity (Wildman–Crippen MR) is 123 cm³/mol. The lowest BCUT2D eigenvalue weighted by molar-refractivity contribution is -0.287. The van der Waals surface area contributed by atoms with Crippen molar-refractivity contribution >= 4 is 28.5 Å². The second-order valence-corrected chi connectivity index (χ2v) is 9.06. The Hall–Kier alpha value is -2.65. The summed E-state index contributed by atoms with van der Waals surface area (Å²) in [5.74, 6) is -2.36. The molecule has 0 saturated carbocycles. The Morgan fingerprint density at radius 1 is 1.09 bits per heavy atom. The van der Waals surface area contributed by atoms with Gasteiger partial charge in [0, 0.05) is 47.5 Å². The molecule has 0 bridgehead atoms. The highest BCUT2D eigenvalue weighted by atomic mass is 35.5. The molecule has 0 radical (unpaired) electrons. The number of fused-ring (bicyclic) bond motifs is 1. The van der Waals surface area contributed by atoms with Crippen LogP contribution in [0.15, 0.2) is 48.7 Å². The summed E-state index contributed by atoms with van der Waals surface area (Å²) in [7, 11) is 0. The maximum atomic E-state index is 13.6. The topological polar surface area (TPSA) is 81.0 Å². The van der Waals surface area contributed by atoms with Gasteiger partial charge in [-0.15, -0.1) is 0 Å². The first kappa shape index (κ1) is 22.2. The largest absolute Gasteiger partial charge is 0.362 e. The minimum Gasteiger partial charge on any atom is -0.362 e. The number of halogens is 2. The first-order valence-corrected chi connectivity index (χ1v) is 11.5. The molecule has 2 aliphatic heterocycles. The van der Waals surface area contributed by atoms with Crippen LogP contribution in [0.2, 0.25) is 5.02 Å². The normalized spacial score (nSPS) is 26.2. The van der Waals surface area contributed by atoms with Crippen molar-refractivity contribution in [3.05, 3.63) is 65.1 Å². The first-order chi connectivity index (χ1) is 15.8. The molecular formula is C24H26ClFN4O3. The Morgan fingerprint density at radius 2 is 1.79 bits per heavy atom. The zero-order valence-electron chi connectivity index (χ0n) is 18.3. The van der Waals surface area contributed by atoms with Crippen molar-refractivity contribution in [2.24, 2.45) is 0 Å². The molecule has 33 heavy (non-hydrogen) atoms. The molecule has 3 N–H and O–H groups in total. The number of nitrogens with one attached hydrogen (secondary N) is 1. The van der Waals surface area contributed by atoms with Crippen LogP contribution >= 0.6 is 11.6 Å². The van der Waals surface area contributed by atoms with Crippen molar-refractivity contribution in [3.8, 4) is 5.69 Å². The maximum absolute atomic E-state index is 13.6. The predicted octanol–water partition coefficient (Wildman–Crippen LogP) is 3.75. The van der Waals surface area contributed by atoms with Gasteiger partial charge in [-0.2, -0.15) is 0 Å². The van der Waals surface area contributed by atoms with Gasteiger partial charge in [0.1, 0.15) is 5.82 Å². The second kappa shape index (κ2) is 7.99. The van der Waals surface area contributed by atoms with E-state index in [1.807, 2.05) is 0 Å². The van der Waals surface area contributed by atoms with Crippen LogP contribution in [0.4, 0.5) is 9.18 Å². The third-order valence-corrected chi connectivity index (χ3v) is 7.00. The number of benzene rings is 2. The number of likely N-dealkylation sites (N-methyl/N-ethyl adjacent to an activating group) is 1. The molecule has 174 valence electrons. The summed E-state index contributed by atoms with van der Waals surface area (Å²) >= 11 is 6.31. The molecule has 0 spiro atoms. The maximum Gasteiger partial charge on any atom is 0.323 e. The number of aliphatic hydroxyl groups is 2. The van der Waals surface area contributed by atoms with Crippen molar-refractivity contribution < 1.29 is 19.4 Å². The van der Waals surface area contributed by atoms with Crippen LogP contribution in [0, 0.1) is 5.82 Å². The molecule has 5 rings (SSSR count). The van der Waals surface area contributed by atoms with E-state index in [0.717, 1.165) is 19.3 Å². The zero-order valence-corrected chi connectivity index (χ0v) is 19.0. The number of nitrogens with zero attached hydrogens (tertiary/aromatic N) is 3. The van der Waals surface area contributed by atoms with Gasteiger partial charge in [-0.3, -0.25) is 9.80 Å². The highest BCUT2D eigenvalue weighted by Gasteiger charge is 2.66. The molecule has 3 aromatic rings. The molecule has 2 atom stereocenters. The van der Waals surface area contributed by atoms with Crippen molar-refractivity contribution in [3.63, 3.8) is 0 Å². The summed E-state index contributed by atoms with van der Waals surface area (Å²) < 4.78 is 15.3. The van der Waals surface area contributed by atoms with Gasteiger partial charge in [0.2, 0.25) is 5.72 Å². The number of urea groups is 1. The number of aromatic nitrogens is 1. The van der Waals surface area contributed by atoms with E-state index in [1.54, 1.807) is 52.9 Å². The highest BCUT2D eigenvalue weighted by molar-refractivity contribution is 6.31. The number of hydrogen-bond donors (Lipinski definition) is 3. The third-order valence-electron chi connectivity index (χ3n) is 6.77. The number of likely N-dealkylation sites (tertiary alicyclic amines) is 1. The van der Waals surface area contributed by atoms with Gasteiger partial charge in [-0.05, 0) is 62.2 Å². The molecule has 1 aromatic heterocycles. The summed E-state index contributed by atoms with van der Waals surface area (Å²) in [5, 5.41) is 27.9. The molecular weight excluding hydrogens is 447 g/mol. The molecule has 2 amide bonds. The highest BCUT2D eigenvalue weighted by Crippen LogP contribution is 2.45. The molecule has 9 heteroatoms. The number of carbonyl (C=O) groups is 1. The van der Waals surface area contributed by atoms with Crippen LogP contribution in [-0.2, 0) is 5.72 Å². The fourth-order valence-corrected chi connectivity index (χ4v) is 5.34. The number of carbonyl (C=O) groups excluding carboxylic acids is 1. The quantitative estimate of drug-likeness (QED) is 0.540. The molecule has 2 unspecified atom stereocenters. The van der Waals surface area contributed by atoms with Crippen molar-refractivity contribution in [2.45, 2.75) is 37.8 Å². The van der Waals surface area contributed by atoms with Crippen LogP contribution in [0.5, 0.6) is 0 Å². The number of rotatable bonds is 4. The lowest BCUT2D eigenvalue weighted by Gasteiger charge is -2.48. The van der Waals surface area contributed by atoms with E-state index < -0.39 is 17.6 Å². The zero-order chi connectivity index (χ0) is 23.4. The van der Waals surface area contributed by atoms with Crippen LogP contribution in [0.1, 0.15) is 31.7 Å². The van der Waals surface area contributed by atoms with E-state index in [0.29, 0.717) is 40.3 Å². The summed E-state index contributed by atoms with van der Waals surface area (Å²) in [6.45, 7) is 3.06. The third kappa shape index (κ3) is 3.24. The van der Waals surface area contributed by atoms with Gasteiger partial charge in [0.15, 0.2) is 0 Å². The molecule has 7 nitrogen and oxygen atoms in total. The van der Waals surface area contributed by atoms with Crippen LogP contribution < -0.4 is 5.32 Å². The molecule has 2 aromatic carbocycles. The Balaban J connectivity index is 1.75. The Labute approximate surface area is 196 Å². The lowest BCUT2D eigenvalue weighted by atomic mass is 9.94. The Kier molecular flexibility index (Phi) is 5.36. The summed E-state index contributed by atoms with van der Waals surface area (Å²) in [4.78, 5) is 16.0. The van der Waals surface area contributed by atoms with E-state index in [1.165, 1.54) is 17.0 Å². The second-order valence-electron chi connectivity index (χ2n) is 8.62. The van der Waals surface area contributed by atoms with Gasteiger partial charge in [-0.25, -0.2) is 9.18 Å². The van der Waals surface area contributed by atoms with Crippen molar-refractivity contribution in [2.75, 3.05) is 19.6 Å². The van der Waals surface area contributed by atoms with Gasteiger partial charge in [-0.1, -0.05) is 18.0 Å². The van der Waals surface area contributed by atoms with Crippen LogP contribution in [0.25, 0.3) is 16.6 Å². The average molecular weight is 473 g/mol. The van der Waals surface area contributed by atoms with E-state index in [-0.39, 0.29) is 12.4 Å². The SMILES string of the molecule is CCN1C(=O)NC(O)(c2cn(-c3ccc(F)cc3)c3ccc(Cl)cc23)C1(O)N1CCCCC1. The van der Waals surface area contributed by atoms with E-state index in [2.05, 4.69) is 5.32 Å². The van der Waals surface area contributed by atoms with E-state index in [9.17, 15) is 19.4 Å². The van der Waals surface area contributed by atoms with Gasteiger partial charge in [0.25, 0.3) is 5.85 Å². The minimum absolute atomic E-state index is 0.207. The van der Waals surface area contributed by atoms with Crippen LogP contribution in [0.3, 0.4) is 0 Å². The molecule has 2 fully saturated rings. The van der Waals surface area contributed by atoms with Crippen molar-refractivity contribution in [1.82, 2.24) is 19.7 Å². The first-order valence-electron chi connectivity index (χ1n) is 11.2. The fourth-order valence-electron chi connectivity index (χ4n) is 5.17. The standard InChI is InChI=1S/C24H26ClFN4O3/c1-2-30-22(31)27-23(32,24(30,33)28-12-4-3-5-13-28)20-15-29(18-9-7-17(26)8-10-18)21-11-6-16(25)14-19(20)21/h6-11,14-15,32-33H,2-5,12-13H2,1H3,(H,27,31). The number of hydrogen-bond acceptors (Lipinski definition) is 4. The van der Waals surface area contributed by atoms with Gasteiger partial charge in [0.05, 0.1) is 5.52 Å². The van der Waals surface area contributed by atoms with Gasteiger partial charge >= 0.3 is 6.03 Å².